The minimum absolute atomic E-state index is 0.141. The summed E-state index contributed by atoms with van der Waals surface area (Å²) in [6.45, 7) is 0. The minimum atomic E-state index is -3.86. The summed E-state index contributed by atoms with van der Waals surface area (Å²) in [5.74, 6) is -0.745. The van der Waals surface area contributed by atoms with Crippen molar-refractivity contribution in [2.75, 3.05) is 12.4 Å². The Hall–Kier alpha value is -1.94. The van der Waals surface area contributed by atoms with Gasteiger partial charge in [-0.25, -0.2) is 4.39 Å². The molecule has 0 saturated carbocycles. The number of halogens is 2. The maximum Gasteiger partial charge on any atom is 0.280 e. The molecule has 2 N–H and O–H groups in total. The highest BCUT2D eigenvalue weighted by atomic mass is 35.5. The van der Waals surface area contributed by atoms with Crippen LogP contribution in [-0.4, -0.2) is 31.7 Å². The van der Waals surface area contributed by atoms with Gasteiger partial charge < -0.3 is 9.73 Å². The second-order valence-corrected chi connectivity index (χ2v) is 7.75. The Bertz CT molecular complexity index is 888. The molecule has 25 heavy (non-hydrogen) atoms. The lowest BCUT2D eigenvalue weighted by Crippen LogP contribution is -2.55. The van der Waals surface area contributed by atoms with E-state index in [0.29, 0.717) is 5.76 Å². The average molecular weight is 388 g/mol. The second-order valence-electron chi connectivity index (χ2n) is 5.58. The zero-order chi connectivity index (χ0) is 18.2. The molecular weight excluding hydrogens is 373 g/mol. The highest BCUT2D eigenvalue weighted by Gasteiger charge is 2.41. The van der Waals surface area contributed by atoms with E-state index in [1.165, 1.54) is 25.4 Å². The Labute approximate surface area is 148 Å². The minimum Gasteiger partial charge on any atom is -0.468 e. The lowest BCUT2D eigenvalue weighted by Gasteiger charge is -2.35. The van der Waals surface area contributed by atoms with Crippen molar-refractivity contribution in [1.29, 1.82) is 0 Å². The van der Waals surface area contributed by atoms with E-state index >= 15 is 0 Å². The predicted molar refractivity (Wildman–Crippen MR) is 89.7 cm³/mol. The van der Waals surface area contributed by atoms with Gasteiger partial charge in [0.05, 0.1) is 17.3 Å². The predicted octanol–water partition coefficient (Wildman–Crippen LogP) is 2.29. The van der Waals surface area contributed by atoms with Gasteiger partial charge in [0.15, 0.2) is 0 Å². The van der Waals surface area contributed by atoms with Crippen LogP contribution in [0.5, 0.6) is 0 Å². The first-order valence-electron chi connectivity index (χ1n) is 7.32. The maximum absolute atomic E-state index is 13.2. The molecule has 1 aliphatic heterocycles. The smallest absolute Gasteiger partial charge is 0.280 e. The zero-order valence-electron chi connectivity index (χ0n) is 13.1. The Morgan fingerprint density at radius 1 is 1.44 bits per heavy atom. The van der Waals surface area contributed by atoms with E-state index in [-0.39, 0.29) is 17.1 Å². The fraction of sp³-hybridized carbons (Fsp3) is 0.267. The third-order valence-corrected chi connectivity index (χ3v) is 5.83. The van der Waals surface area contributed by atoms with E-state index in [1.807, 2.05) is 0 Å². The molecule has 3 rings (SSSR count). The van der Waals surface area contributed by atoms with Crippen molar-refractivity contribution in [2.24, 2.45) is 0 Å². The summed E-state index contributed by atoms with van der Waals surface area (Å²) in [6, 6.07) is 5.36. The summed E-state index contributed by atoms with van der Waals surface area (Å²) in [4.78, 5) is 12.6. The first-order chi connectivity index (χ1) is 11.8. The molecule has 1 amide bonds. The number of furan rings is 1. The third kappa shape index (κ3) is 3.69. The number of carbonyl (C=O) groups is 1. The molecule has 0 bridgehead atoms. The Morgan fingerprint density at radius 2 is 2.20 bits per heavy atom. The van der Waals surface area contributed by atoms with E-state index in [1.54, 1.807) is 12.1 Å². The van der Waals surface area contributed by atoms with Gasteiger partial charge in [0.2, 0.25) is 5.91 Å². The van der Waals surface area contributed by atoms with Gasteiger partial charge in [-0.05, 0) is 36.8 Å². The Kier molecular flexibility index (Phi) is 4.83. The van der Waals surface area contributed by atoms with Crippen LogP contribution in [0, 0.1) is 5.82 Å². The second kappa shape index (κ2) is 6.75. The van der Waals surface area contributed by atoms with Crippen LogP contribution in [0.25, 0.3) is 0 Å². The highest BCUT2D eigenvalue weighted by Crippen LogP contribution is 2.29. The largest absolute Gasteiger partial charge is 0.468 e. The molecular formula is C15H15ClFN3O4S. The van der Waals surface area contributed by atoms with Gasteiger partial charge >= 0.3 is 0 Å². The van der Waals surface area contributed by atoms with Crippen LogP contribution in [0.4, 0.5) is 10.1 Å². The van der Waals surface area contributed by atoms with Crippen molar-refractivity contribution in [3.8, 4) is 0 Å². The van der Waals surface area contributed by atoms with Crippen LogP contribution in [0.15, 0.2) is 41.0 Å². The van der Waals surface area contributed by atoms with E-state index in [0.717, 1.165) is 10.4 Å². The Morgan fingerprint density at radius 3 is 2.84 bits per heavy atom. The SMILES string of the molecule is CN1[C@@H](C(=O)Nc2ccc(F)c(Cl)c2)C[C@@H](c2ccco2)NS1(=O)=O. The van der Waals surface area contributed by atoms with Crippen LogP contribution in [0.2, 0.25) is 5.02 Å². The fourth-order valence-corrected chi connectivity index (χ4v) is 4.02. The number of likely N-dealkylation sites (N-methyl/N-ethyl adjacent to an activating group) is 1. The quantitative estimate of drug-likeness (QED) is 0.845. The van der Waals surface area contributed by atoms with Crippen LogP contribution in [0.1, 0.15) is 18.2 Å². The molecule has 7 nitrogen and oxygen atoms in total. The molecule has 1 aromatic heterocycles. The van der Waals surface area contributed by atoms with Crippen LogP contribution < -0.4 is 10.0 Å². The molecule has 0 radical (unpaired) electrons. The fourth-order valence-electron chi connectivity index (χ4n) is 2.59. The molecule has 0 aliphatic carbocycles. The number of hydrogen-bond donors (Lipinski definition) is 2. The number of amides is 1. The summed E-state index contributed by atoms with van der Waals surface area (Å²) in [7, 11) is -2.55. The normalized spacial score (nSPS) is 23.3. The van der Waals surface area contributed by atoms with Gasteiger partial charge in [-0.2, -0.15) is 17.4 Å². The third-order valence-electron chi connectivity index (χ3n) is 3.94. The average Bonchev–Trinajstić information content (AvgIpc) is 3.07. The zero-order valence-corrected chi connectivity index (χ0v) is 14.6. The van der Waals surface area contributed by atoms with E-state index < -0.39 is 34.0 Å². The molecule has 1 aromatic carbocycles. The summed E-state index contributed by atoms with van der Waals surface area (Å²) < 4.78 is 46.4. The summed E-state index contributed by atoms with van der Waals surface area (Å²) in [5.41, 5.74) is 0.273. The van der Waals surface area contributed by atoms with Crippen molar-refractivity contribution >= 4 is 33.4 Å². The van der Waals surface area contributed by atoms with E-state index in [2.05, 4.69) is 10.0 Å². The van der Waals surface area contributed by atoms with Gasteiger partial charge in [0.1, 0.15) is 17.6 Å². The molecule has 2 atom stereocenters. The van der Waals surface area contributed by atoms with Gasteiger partial charge in [0, 0.05) is 12.7 Å². The summed E-state index contributed by atoms with van der Waals surface area (Å²) >= 11 is 5.69. The topological polar surface area (TPSA) is 91.7 Å². The lowest BCUT2D eigenvalue weighted by molar-refractivity contribution is -0.120. The first-order valence-corrected chi connectivity index (χ1v) is 9.14. The summed E-state index contributed by atoms with van der Waals surface area (Å²) in [5, 5.41) is 2.42. The van der Waals surface area contributed by atoms with Gasteiger partial charge in [0.25, 0.3) is 10.2 Å². The number of rotatable bonds is 3. The number of anilines is 1. The molecule has 2 aromatic rings. The number of benzene rings is 1. The monoisotopic (exact) mass is 387 g/mol. The first kappa shape index (κ1) is 17.9. The molecule has 1 aliphatic rings. The van der Waals surface area contributed by atoms with E-state index in [4.69, 9.17) is 16.0 Å². The number of hydrogen-bond acceptors (Lipinski definition) is 4. The van der Waals surface area contributed by atoms with Crippen molar-refractivity contribution in [2.45, 2.75) is 18.5 Å². The maximum atomic E-state index is 13.2. The number of carbonyl (C=O) groups excluding carboxylic acids is 1. The molecule has 0 spiro atoms. The van der Waals surface area contributed by atoms with Gasteiger partial charge in [-0.15, -0.1) is 0 Å². The van der Waals surface area contributed by atoms with Crippen molar-refractivity contribution < 1.29 is 22.0 Å². The van der Waals surface area contributed by atoms with Crippen LogP contribution in [-0.2, 0) is 15.0 Å². The highest BCUT2D eigenvalue weighted by molar-refractivity contribution is 7.87. The van der Waals surface area contributed by atoms with E-state index in [9.17, 15) is 17.6 Å². The molecule has 134 valence electrons. The summed E-state index contributed by atoms with van der Waals surface area (Å²) in [6.07, 6.45) is 1.60. The van der Waals surface area contributed by atoms with Gasteiger partial charge in [-0.3, -0.25) is 4.79 Å². The number of nitrogens with one attached hydrogen (secondary N) is 2. The van der Waals surface area contributed by atoms with Crippen LogP contribution >= 0.6 is 11.6 Å². The van der Waals surface area contributed by atoms with Crippen molar-refractivity contribution in [1.82, 2.24) is 9.03 Å². The molecule has 0 unspecified atom stereocenters. The van der Waals surface area contributed by atoms with Crippen molar-refractivity contribution in [3.63, 3.8) is 0 Å². The molecule has 2 heterocycles. The van der Waals surface area contributed by atoms with Crippen LogP contribution in [0.3, 0.4) is 0 Å². The lowest BCUT2D eigenvalue weighted by atomic mass is 10.0. The number of nitrogens with zero attached hydrogens (tertiary/aromatic N) is 1. The Balaban J connectivity index is 1.83. The molecule has 1 saturated heterocycles. The molecule has 10 heteroatoms. The van der Waals surface area contributed by atoms with Crippen molar-refractivity contribution in [3.05, 3.63) is 53.2 Å². The standard InChI is InChI=1S/C15H15ClFN3O4S/c1-20-13(15(21)18-9-4-5-11(17)10(16)7-9)8-12(19-25(20,22)23)14-3-2-6-24-14/h2-7,12-13,19H,8H2,1H3,(H,18,21)/t12-,13+/m0/s1. The van der Waals surface area contributed by atoms with Gasteiger partial charge in [-0.1, -0.05) is 11.6 Å². The molecule has 1 fully saturated rings.